The van der Waals surface area contributed by atoms with Crippen LogP contribution in [0.25, 0.3) is 11.1 Å². The molecule has 13 nitrogen and oxygen atoms in total. The summed E-state index contributed by atoms with van der Waals surface area (Å²) in [6, 6.07) is 36.8. The molecule has 0 radical (unpaired) electrons. The first-order valence-electron chi connectivity index (χ1n) is 21.7. The van der Waals surface area contributed by atoms with Gasteiger partial charge in [0.2, 0.25) is 23.6 Å². The fraction of sp³-hybridized carbons (Fsp3) is 0.320. The van der Waals surface area contributed by atoms with Crippen LogP contribution in [-0.2, 0) is 41.6 Å². The molecule has 5 aliphatic rings. The molecule has 6 N–H and O–H groups in total. The molecular weight excluding hydrogens is 831 g/mol. The molecule has 1 aromatic heterocycles. The van der Waals surface area contributed by atoms with Crippen LogP contribution < -0.4 is 31.3 Å². The molecule has 0 saturated heterocycles. The number of carbonyl (C=O) groups excluding carboxylic acids is 5. The topological polar surface area (TPSA) is 192 Å². The van der Waals surface area contributed by atoms with Crippen molar-refractivity contribution in [3.63, 3.8) is 0 Å². The second-order valence-corrected chi connectivity index (χ2v) is 18.4. The van der Waals surface area contributed by atoms with Crippen LogP contribution in [0.1, 0.15) is 65.5 Å². The lowest BCUT2D eigenvalue weighted by Gasteiger charge is -2.28. The van der Waals surface area contributed by atoms with E-state index >= 15 is 0 Å². The molecule has 5 aromatic rings. The Kier molecular flexibility index (Phi) is 11.6. The number of ether oxygens (including phenoxy) is 1. The Morgan fingerprint density at radius 1 is 0.703 bits per heavy atom. The number of hydrogen-bond acceptors (Lipinski definition) is 8. The van der Waals surface area contributed by atoms with E-state index in [1.165, 1.54) is 11.3 Å². The highest BCUT2D eigenvalue weighted by Crippen LogP contribution is 2.55. The molecule has 3 heterocycles. The van der Waals surface area contributed by atoms with Gasteiger partial charge in [0, 0.05) is 36.1 Å². The molecule has 2 aliphatic heterocycles. The largest absolute Gasteiger partial charge is 0.484 e. The maximum Gasteiger partial charge on any atom is 0.303 e. The summed E-state index contributed by atoms with van der Waals surface area (Å²) >= 11 is 1.48. The molecule has 7 atom stereocenters. The number of fused-ring (bicyclic) bond motifs is 10. The van der Waals surface area contributed by atoms with E-state index < -0.39 is 64.1 Å². The monoisotopic (exact) mass is 879 g/mol. The smallest absolute Gasteiger partial charge is 0.303 e. The number of thiophene rings is 1. The Bertz CT molecular complexity index is 2560. The van der Waals surface area contributed by atoms with Crippen LogP contribution in [0, 0.1) is 5.92 Å². The van der Waals surface area contributed by atoms with Gasteiger partial charge in [0.1, 0.15) is 28.4 Å². The van der Waals surface area contributed by atoms with Crippen LogP contribution in [0.5, 0.6) is 5.75 Å². The van der Waals surface area contributed by atoms with E-state index in [-0.39, 0.29) is 57.1 Å². The Labute approximate surface area is 374 Å². The highest BCUT2D eigenvalue weighted by molar-refractivity contribution is 7.10. The summed E-state index contributed by atoms with van der Waals surface area (Å²) in [5.74, 6) is -4.35. The lowest BCUT2D eigenvalue weighted by atomic mass is 9.98. The fourth-order valence-corrected chi connectivity index (χ4v) is 10.2. The summed E-state index contributed by atoms with van der Waals surface area (Å²) < 4.78 is 5.89. The minimum absolute atomic E-state index is 0.0727. The normalized spacial score (nSPS) is 27.3. The van der Waals surface area contributed by atoms with Crippen molar-refractivity contribution < 1.29 is 38.6 Å². The van der Waals surface area contributed by atoms with E-state index in [9.17, 15) is 33.9 Å². The van der Waals surface area contributed by atoms with Gasteiger partial charge in [-0.3, -0.25) is 28.8 Å². The number of benzene rings is 4. The van der Waals surface area contributed by atoms with Crippen LogP contribution >= 0.6 is 11.3 Å². The summed E-state index contributed by atoms with van der Waals surface area (Å²) in [5, 5.41) is 26.2. The first-order valence-corrected chi connectivity index (χ1v) is 22.6. The summed E-state index contributed by atoms with van der Waals surface area (Å²) in [7, 11) is 0. The first kappa shape index (κ1) is 42.5. The second-order valence-electron chi connectivity index (χ2n) is 17.4. The number of amides is 5. The molecule has 2 spiro atoms. The lowest BCUT2D eigenvalue weighted by molar-refractivity contribution is -0.137. The zero-order valence-electron chi connectivity index (χ0n) is 35.0. The molecule has 14 heteroatoms. The maximum atomic E-state index is 15.0. The number of nitrogens with one attached hydrogen (secondary N) is 5. The number of rotatable bonds is 11. The third kappa shape index (κ3) is 8.74. The van der Waals surface area contributed by atoms with E-state index in [1.807, 2.05) is 102 Å². The van der Waals surface area contributed by atoms with Crippen molar-refractivity contribution in [3.05, 3.63) is 148 Å². The molecule has 328 valence electrons. The Morgan fingerprint density at radius 2 is 1.41 bits per heavy atom. The predicted molar refractivity (Wildman–Crippen MR) is 239 cm³/mol. The zero-order valence-corrected chi connectivity index (χ0v) is 35.8. The van der Waals surface area contributed by atoms with Crippen LogP contribution in [-0.4, -0.2) is 76.4 Å². The Morgan fingerprint density at radius 3 is 2.11 bits per heavy atom. The quantitative estimate of drug-likeness (QED) is 0.0998. The van der Waals surface area contributed by atoms with Gasteiger partial charge in [-0.2, -0.15) is 0 Å². The van der Waals surface area contributed by atoms with Crippen molar-refractivity contribution in [2.75, 3.05) is 13.2 Å². The first-order chi connectivity index (χ1) is 31.0. The molecule has 64 heavy (non-hydrogen) atoms. The number of aliphatic carboxylic acids is 1. The van der Waals surface area contributed by atoms with Gasteiger partial charge in [0.15, 0.2) is 6.61 Å². The zero-order chi connectivity index (χ0) is 44.5. The van der Waals surface area contributed by atoms with Gasteiger partial charge < -0.3 is 36.4 Å². The van der Waals surface area contributed by atoms with Gasteiger partial charge in [-0.05, 0) is 89.4 Å². The molecule has 2 bridgehead atoms. The standard InChI is InChI=1S/C50H49N5O8S/c56-42-30-63-37-21-19-35(20-22-37)38-28-49(38,45(60)51-23-7-14-43(57)58)55-47(62)48(27-36(48)25-31-9-3-1-4-10-31)54-44(59)40(26-32-15-17-34(18-16-32)33-11-5-2-6-12-33)52-46(61)50(53-42)29-39(50)41-13-8-24-64-41/h1-6,8-13,15-22,24,36,38-40H,7,14,23,25-30H2,(H,51,60)(H,52,61)(H,53,56)(H,54,59)(H,55,62)(H,57,58)/t36-,38+,39+,40?,48?,49+,50-/m0/s1. The third-order valence-corrected chi connectivity index (χ3v) is 14.1. The van der Waals surface area contributed by atoms with Crippen LogP contribution in [0.3, 0.4) is 0 Å². The average Bonchev–Trinajstić information content (AvgIpc) is 4.26. The lowest BCUT2D eigenvalue weighted by Crippen LogP contribution is -2.62. The van der Waals surface area contributed by atoms with Gasteiger partial charge in [-0.15, -0.1) is 11.3 Å². The highest BCUT2D eigenvalue weighted by Gasteiger charge is 2.68. The molecule has 2 unspecified atom stereocenters. The molecular formula is C50H49N5O8S. The minimum atomic E-state index is -1.44. The highest BCUT2D eigenvalue weighted by atomic mass is 32.1. The number of carboxylic acid groups (broad SMARTS) is 1. The maximum absolute atomic E-state index is 15.0. The second kappa shape index (κ2) is 17.4. The summed E-state index contributed by atoms with van der Waals surface area (Å²) in [5.41, 5.74) is 0.273. The summed E-state index contributed by atoms with van der Waals surface area (Å²) in [6.45, 7) is -0.290. The summed E-state index contributed by atoms with van der Waals surface area (Å²) in [4.78, 5) is 84.6. The molecule has 5 amide bonds. The van der Waals surface area contributed by atoms with Crippen LogP contribution in [0.4, 0.5) is 0 Å². The van der Waals surface area contributed by atoms with Crippen molar-refractivity contribution >= 4 is 46.8 Å². The summed E-state index contributed by atoms with van der Waals surface area (Å²) in [6.07, 6.45) is 1.44. The van der Waals surface area contributed by atoms with E-state index in [1.54, 1.807) is 24.3 Å². The SMILES string of the molecule is O=C(O)CCCNC(=O)[C@@]12C[C@@H]1c1ccc(cc1)OCC(=O)N[C@]1(C[C@@H]1c1cccs1)C(=O)NC(Cc1ccc(-c3ccccc3)cc1)C(=O)NC1(C[C@@H]1Cc1ccccc1)C(=O)N2. The van der Waals surface area contributed by atoms with Crippen LogP contribution in [0.15, 0.2) is 127 Å². The van der Waals surface area contributed by atoms with Gasteiger partial charge in [0.05, 0.1) is 0 Å². The van der Waals surface area contributed by atoms with E-state index in [4.69, 9.17) is 4.74 Å². The molecule has 4 aromatic carbocycles. The van der Waals surface area contributed by atoms with Gasteiger partial charge >= 0.3 is 5.97 Å². The van der Waals surface area contributed by atoms with Gasteiger partial charge in [-0.1, -0.05) is 103 Å². The Balaban J connectivity index is 1.07. The van der Waals surface area contributed by atoms with Crippen LogP contribution in [0.2, 0.25) is 0 Å². The molecule has 10 rings (SSSR count). The van der Waals surface area contributed by atoms with E-state index in [2.05, 4.69) is 26.6 Å². The van der Waals surface area contributed by atoms with E-state index in [0.717, 1.165) is 32.7 Å². The third-order valence-electron chi connectivity index (χ3n) is 13.1. The molecule has 3 aliphatic carbocycles. The minimum Gasteiger partial charge on any atom is -0.484 e. The number of carbonyl (C=O) groups is 6. The average molecular weight is 880 g/mol. The van der Waals surface area contributed by atoms with Gasteiger partial charge in [0.25, 0.3) is 5.91 Å². The van der Waals surface area contributed by atoms with Gasteiger partial charge in [-0.25, -0.2) is 0 Å². The van der Waals surface area contributed by atoms with Crippen molar-refractivity contribution in [2.45, 2.75) is 79.4 Å². The number of hydrogen-bond donors (Lipinski definition) is 6. The van der Waals surface area contributed by atoms with Crippen molar-refractivity contribution in [1.29, 1.82) is 0 Å². The predicted octanol–water partition coefficient (Wildman–Crippen LogP) is 5.02. The molecule has 3 fully saturated rings. The van der Waals surface area contributed by atoms with E-state index in [0.29, 0.717) is 18.6 Å². The Hall–Kier alpha value is -6.80. The molecule has 3 saturated carbocycles. The van der Waals surface area contributed by atoms with Crippen molar-refractivity contribution in [1.82, 2.24) is 26.6 Å². The van der Waals surface area contributed by atoms with Crippen molar-refractivity contribution in [2.24, 2.45) is 5.92 Å². The van der Waals surface area contributed by atoms with Crippen molar-refractivity contribution in [3.8, 4) is 16.9 Å². The number of carboxylic acids is 1. The fourth-order valence-electron chi connectivity index (χ4n) is 9.26.